The minimum absolute atomic E-state index is 0.345. The van der Waals surface area contributed by atoms with Crippen molar-refractivity contribution in [3.8, 4) is 0 Å². The van der Waals surface area contributed by atoms with Gasteiger partial charge in [0.15, 0.2) is 0 Å². The predicted octanol–water partition coefficient (Wildman–Crippen LogP) is 3.60. The van der Waals surface area contributed by atoms with Crippen LogP contribution in [-0.4, -0.2) is 43.3 Å². The first-order valence-electron chi connectivity index (χ1n) is 7.95. The zero-order valence-corrected chi connectivity index (χ0v) is 14.9. The van der Waals surface area contributed by atoms with Gasteiger partial charge in [-0.15, -0.1) is 0 Å². The number of ether oxygens (including phenoxy) is 1. The third-order valence-electron chi connectivity index (χ3n) is 3.93. The summed E-state index contributed by atoms with van der Waals surface area (Å²) in [4.78, 5) is 2.53. The van der Waals surface area contributed by atoms with Crippen molar-refractivity contribution < 1.29 is 4.74 Å². The maximum atomic E-state index is 5.81. The predicted molar refractivity (Wildman–Crippen MR) is 91.6 cm³/mol. The average Bonchev–Trinajstić information content (AvgIpc) is 2.42. The summed E-state index contributed by atoms with van der Waals surface area (Å²) in [5.74, 6) is 0. The fraction of sp³-hybridized carbons (Fsp3) is 0.647. The lowest BCUT2D eigenvalue weighted by molar-refractivity contribution is -0.0685. The van der Waals surface area contributed by atoms with Crippen LogP contribution in [0.15, 0.2) is 28.7 Å². The summed E-state index contributed by atoms with van der Waals surface area (Å²) in [6, 6.07) is 9.04. The molecule has 1 aliphatic rings. The van der Waals surface area contributed by atoms with Crippen molar-refractivity contribution in [2.75, 3.05) is 26.2 Å². The van der Waals surface area contributed by atoms with E-state index in [2.05, 4.69) is 71.2 Å². The standard InChI is InChI=1S/C17H27BrN2O/c1-4-19-17(15-6-5-7-16(18)10-15)8-9-20-11-13(2)21-14(3)12-20/h5-7,10,13-14,17,19H,4,8-9,11-12H2,1-3H3/t13-,14+,17?. The van der Waals surface area contributed by atoms with Gasteiger partial charge in [-0.05, 0) is 44.5 Å². The lowest BCUT2D eigenvalue weighted by Gasteiger charge is -2.36. The molecule has 118 valence electrons. The Kier molecular flexibility index (Phi) is 6.68. The van der Waals surface area contributed by atoms with Crippen molar-refractivity contribution in [3.05, 3.63) is 34.3 Å². The van der Waals surface area contributed by atoms with E-state index in [-0.39, 0.29) is 0 Å². The van der Waals surface area contributed by atoms with Crippen LogP contribution in [0.5, 0.6) is 0 Å². The first kappa shape index (κ1) is 16.9. The van der Waals surface area contributed by atoms with Gasteiger partial charge in [0.2, 0.25) is 0 Å². The normalized spacial score (nSPS) is 25.0. The van der Waals surface area contributed by atoms with Crippen LogP contribution >= 0.6 is 15.9 Å². The van der Waals surface area contributed by atoms with Crippen molar-refractivity contribution in [2.45, 2.75) is 45.4 Å². The second-order valence-electron chi connectivity index (χ2n) is 5.97. The van der Waals surface area contributed by atoms with Crippen LogP contribution < -0.4 is 5.32 Å². The quantitative estimate of drug-likeness (QED) is 0.844. The van der Waals surface area contributed by atoms with Crippen LogP contribution in [0.4, 0.5) is 0 Å². The number of benzene rings is 1. The van der Waals surface area contributed by atoms with Crippen molar-refractivity contribution in [2.24, 2.45) is 0 Å². The van der Waals surface area contributed by atoms with E-state index in [9.17, 15) is 0 Å². The van der Waals surface area contributed by atoms with Gasteiger partial charge in [0, 0.05) is 30.1 Å². The maximum Gasteiger partial charge on any atom is 0.0678 e. The Bertz CT molecular complexity index is 431. The molecular weight excluding hydrogens is 328 g/mol. The van der Waals surface area contributed by atoms with Gasteiger partial charge in [-0.25, -0.2) is 0 Å². The molecule has 1 heterocycles. The summed E-state index contributed by atoms with van der Waals surface area (Å²) in [5.41, 5.74) is 1.36. The van der Waals surface area contributed by atoms with Gasteiger partial charge in [-0.3, -0.25) is 4.90 Å². The molecule has 0 bridgehead atoms. The van der Waals surface area contributed by atoms with E-state index in [0.717, 1.165) is 37.1 Å². The zero-order valence-electron chi connectivity index (χ0n) is 13.3. The van der Waals surface area contributed by atoms with Crippen LogP contribution in [0.3, 0.4) is 0 Å². The van der Waals surface area contributed by atoms with Crippen LogP contribution in [-0.2, 0) is 4.74 Å². The first-order chi connectivity index (χ1) is 10.1. The minimum Gasteiger partial charge on any atom is -0.373 e. The maximum absolute atomic E-state index is 5.81. The summed E-state index contributed by atoms with van der Waals surface area (Å²) < 4.78 is 6.96. The highest BCUT2D eigenvalue weighted by molar-refractivity contribution is 9.10. The molecule has 0 amide bonds. The van der Waals surface area contributed by atoms with Crippen molar-refractivity contribution >= 4 is 15.9 Å². The lowest BCUT2D eigenvalue weighted by atomic mass is 10.0. The topological polar surface area (TPSA) is 24.5 Å². The van der Waals surface area contributed by atoms with Crippen LogP contribution in [0, 0.1) is 0 Å². The Morgan fingerprint density at radius 1 is 1.33 bits per heavy atom. The minimum atomic E-state index is 0.345. The van der Waals surface area contributed by atoms with Crippen molar-refractivity contribution in [3.63, 3.8) is 0 Å². The fourth-order valence-electron chi connectivity index (χ4n) is 3.13. The van der Waals surface area contributed by atoms with E-state index in [1.807, 2.05) is 0 Å². The Morgan fingerprint density at radius 3 is 2.67 bits per heavy atom. The Labute approximate surface area is 137 Å². The highest BCUT2D eigenvalue weighted by atomic mass is 79.9. The summed E-state index contributed by atoms with van der Waals surface area (Å²) >= 11 is 3.57. The third-order valence-corrected chi connectivity index (χ3v) is 4.42. The monoisotopic (exact) mass is 354 g/mol. The van der Waals surface area contributed by atoms with E-state index >= 15 is 0 Å². The Balaban J connectivity index is 1.94. The third kappa shape index (κ3) is 5.37. The largest absolute Gasteiger partial charge is 0.373 e. The number of hydrogen-bond donors (Lipinski definition) is 1. The van der Waals surface area contributed by atoms with Gasteiger partial charge in [0.1, 0.15) is 0 Å². The molecule has 1 fully saturated rings. The van der Waals surface area contributed by atoms with Crippen LogP contribution in [0.25, 0.3) is 0 Å². The highest BCUT2D eigenvalue weighted by Gasteiger charge is 2.22. The molecule has 1 aliphatic heterocycles. The zero-order chi connectivity index (χ0) is 15.2. The molecule has 0 radical (unpaired) electrons. The summed E-state index contributed by atoms with van der Waals surface area (Å²) in [5, 5.41) is 3.61. The van der Waals surface area contributed by atoms with Gasteiger partial charge < -0.3 is 10.1 Å². The van der Waals surface area contributed by atoms with E-state index in [1.54, 1.807) is 0 Å². The molecule has 3 atom stereocenters. The number of morpholine rings is 1. The average molecular weight is 355 g/mol. The molecule has 0 aromatic heterocycles. The molecule has 0 saturated carbocycles. The second kappa shape index (κ2) is 8.28. The molecule has 1 saturated heterocycles. The van der Waals surface area contributed by atoms with E-state index in [1.165, 1.54) is 5.56 Å². The van der Waals surface area contributed by atoms with Crippen molar-refractivity contribution in [1.82, 2.24) is 10.2 Å². The fourth-order valence-corrected chi connectivity index (χ4v) is 3.55. The molecule has 21 heavy (non-hydrogen) atoms. The molecule has 1 aromatic carbocycles. The Morgan fingerprint density at radius 2 is 2.05 bits per heavy atom. The van der Waals surface area contributed by atoms with E-state index in [0.29, 0.717) is 18.2 Å². The molecule has 4 heteroatoms. The van der Waals surface area contributed by atoms with Gasteiger partial charge in [0.05, 0.1) is 12.2 Å². The number of rotatable bonds is 6. The van der Waals surface area contributed by atoms with Crippen molar-refractivity contribution in [1.29, 1.82) is 0 Å². The number of nitrogens with zero attached hydrogens (tertiary/aromatic N) is 1. The SMILES string of the molecule is CCNC(CCN1C[C@@H](C)O[C@@H](C)C1)c1cccc(Br)c1. The number of halogens is 1. The van der Waals surface area contributed by atoms with Gasteiger partial charge >= 0.3 is 0 Å². The summed E-state index contributed by atoms with van der Waals surface area (Å²) in [7, 11) is 0. The van der Waals surface area contributed by atoms with E-state index < -0.39 is 0 Å². The Hall–Kier alpha value is -0.420. The smallest absolute Gasteiger partial charge is 0.0678 e. The van der Waals surface area contributed by atoms with Gasteiger partial charge in [0.25, 0.3) is 0 Å². The van der Waals surface area contributed by atoms with Gasteiger partial charge in [-0.2, -0.15) is 0 Å². The van der Waals surface area contributed by atoms with Crippen LogP contribution in [0.2, 0.25) is 0 Å². The molecule has 1 aromatic rings. The second-order valence-corrected chi connectivity index (χ2v) is 6.89. The lowest BCUT2D eigenvalue weighted by Crippen LogP contribution is -2.46. The number of nitrogens with one attached hydrogen (secondary N) is 1. The van der Waals surface area contributed by atoms with E-state index in [4.69, 9.17) is 4.74 Å². The molecule has 3 nitrogen and oxygen atoms in total. The summed E-state index contributed by atoms with van der Waals surface area (Å²) in [6.07, 6.45) is 1.82. The molecule has 1 N–H and O–H groups in total. The highest BCUT2D eigenvalue weighted by Crippen LogP contribution is 2.22. The van der Waals surface area contributed by atoms with Gasteiger partial charge in [-0.1, -0.05) is 35.0 Å². The summed E-state index contributed by atoms with van der Waals surface area (Å²) in [6.45, 7) is 10.7. The molecular formula is C17H27BrN2O. The molecule has 0 spiro atoms. The number of hydrogen-bond acceptors (Lipinski definition) is 3. The molecule has 1 unspecified atom stereocenters. The first-order valence-corrected chi connectivity index (χ1v) is 8.74. The van der Waals surface area contributed by atoms with Crippen LogP contribution in [0.1, 0.15) is 38.8 Å². The molecule has 0 aliphatic carbocycles. The molecule has 2 rings (SSSR count).